The first-order valence-corrected chi connectivity index (χ1v) is 10.2. The van der Waals surface area contributed by atoms with Crippen LogP contribution in [-0.4, -0.2) is 49.6 Å². The minimum atomic E-state index is -0.129. The highest BCUT2D eigenvalue weighted by atomic mass is 16.5. The van der Waals surface area contributed by atoms with Gasteiger partial charge in [0.15, 0.2) is 6.61 Å². The summed E-state index contributed by atoms with van der Waals surface area (Å²) in [6.45, 7) is 2.73. The quantitative estimate of drug-likeness (QED) is 0.722. The zero-order chi connectivity index (χ0) is 20.3. The molecule has 6 nitrogen and oxygen atoms in total. The van der Waals surface area contributed by atoms with Gasteiger partial charge in [-0.15, -0.1) is 0 Å². The lowest BCUT2D eigenvalue weighted by atomic mass is 9.97. The second-order valence-electron chi connectivity index (χ2n) is 7.30. The Hall–Kier alpha value is -3.02. The van der Waals surface area contributed by atoms with Crippen molar-refractivity contribution in [1.29, 1.82) is 0 Å². The molecule has 1 aliphatic heterocycles. The first-order chi connectivity index (χ1) is 14.2. The Balaban J connectivity index is 1.27. The Morgan fingerprint density at radius 3 is 2.28 bits per heavy atom. The summed E-state index contributed by atoms with van der Waals surface area (Å²) in [5.74, 6) is 1.12. The Bertz CT molecular complexity index is 759. The summed E-state index contributed by atoms with van der Waals surface area (Å²) in [4.78, 5) is 26.1. The number of para-hydroxylation sites is 1. The smallest absolute Gasteiger partial charge is 0.314 e. The molecule has 3 rings (SSSR count). The number of nitrogens with one attached hydrogen (secondary N) is 2. The SMILES string of the molecule is O=C(NCCc1ccccc1)NCC1CCN(C(=O)COc2ccccc2)CC1. The molecule has 1 aliphatic rings. The summed E-state index contributed by atoms with van der Waals surface area (Å²) in [5, 5.41) is 5.85. The molecule has 2 aromatic carbocycles. The normalized spacial score (nSPS) is 14.3. The highest BCUT2D eigenvalue weighted by molar-refractivity contribution is 5.77. The van der Waals surface area contributed by atoms with E-state index in [0.717, 1.165) is 19.3 Å². The summed E-state index contributed by atoms with van der Waals surface area (Å²) >= 11 is 0. The predicted octanol–water partition coefficient (Wildman–Crippen LogP) is 2.85. The van der Waals surface area contributed by atoms with Gasteiger partial charge in [-0.3, -0.25) is 4.79 Å². The molecule has 0 aliphatic carbocycles. The lowest BCUT2D eigenvalue weighted by Gasteiger charge is -2.32. The van der Waals surface area contributed by atoms with Gasteiger partial charge in [0.05, 0.1) is 0 Å². The van der Waals surface area contributed by atoms with Crippen LogP contribution in [0.5, 0.6) is 5.75 Å². The molecule has 3 amide bonds. The number of ether oxygens (including phenoxy) is 1. The number of urea groups is 1. The number of carbonyl (C=O) groups excluding carboxylic acids is 2. The van der Waals surface area contributed by atoms with Crippen molar-refractivity contribution in [2.24, 2.45) is 5.92 Å². The summed E-state index contributed by atoms with van der Waals surface area (Å²) < 4.78 is 5.54. The van der Waals surface area contributed by atoms with Crippen LogP contribution in [0, 0.1) is 5.92 Å². The Morgan fingerprint density at radius 1 is 0.931 bits per heavy atom. The molecule has 154 valence electrons. The van der Waals surface area contributed by atoms with Gasteiger partial charge in [-0.25, -0.2) is 4.79 Å². The maximum atomic E-state index is 12.3. The second kappa shape index (κ2) is 11.1. The van der Waals surface area contributed by atoms with Gasteiger partial charge in [-0.05, 0) is 42.9 Å². The monoisotopic (exact) mass is 395 g/mol. The molecule has 0 unspecified atom stereocenters. The van der Waals surface area contributed by atoms with E-state index in [0.29, 0.717) is 37.8 Å². The zero-order valence-electron chi connectivity index (χ0n) is 16.7. The van der Waals surface area contributed by atoms with Crippen molar-refractivity contribution < 1.29 is 14.3 Å². The number of rotatable bonds is 8. The van der Waals surface area contributed by atoms with E-state index in [1.54, 1.807) is 0 Å². The summed E-state index contributed by atoms with van der Waals surface area (Å²) in [7, 11) is 0. The van der Waals surface area contributed by atoms with E-state index in [1.165, 1.54) is 5.56 Å². The number of nitrogens with zero attached hydrogens (tertiary/aromatic N) is 1. The van der Waals surface area contributed by atoms with Crippen LogP contribution in [0.2, 0.25) is 0 Å². The fraction of sp³-hybridized carbons (Fsp3) is 0.391. The van der Waals surface area contributed by atoms with Gasteiger partial charge in [0.25, 0.3) is 5.91 Å². The molecule has 2 aromatic rings. The lowest BCUT2D eigenvalue weighted by Crippen LogP contribution is -2.44. The van der Waals surface area contributed by atoms with Gasteiger partial charge in [-0.2, -0.15) is 0 Å². The number of hydrogen-bond donors (Lipinski definition) is 2. The maximum absolute atomic E-state index is 12.3. The van der Waals surface area contributed by atoms with E-state index in [2.05, 4.69) is 22.8 Å². The molecule has 0 saturated carbocycles. The standard InChI is InChI=1S/C23H29N3O3/c27-22(18-29-21-9-5-2-6-10-21)26-15-12-20(13-16-26)17-25-23(28)24-14-11-19-7-3-1-4-8-19/h1-10,20H,11-18H2,(H2,24,25,28). The highest BCUT2D eigenvalue weighted by Gasteiger charge is 2.23. The van der Waals surface area contributed by atoms with E-state index in [9.17, 15) is 9.59 Å². The largest absolute Gasteiger partial charge is 0.484 e. The molecule has 1 heterocycles. The molecule has 6 heteroatoms. The third kappa shape index (κ3) is 7.14. The molecule has 29 heavy (non-hydrogen) atoms. The van der Waals surface area contributed by atoms with Crippen LogP contribution in [0.3, 0.4) is 0 Å². The average Bonchev–Trinajstić information content (AvgIpc) is 2.78. The van der Waals surface area contributed by atoms with Crippen LogP contribution in [0.15, 0.2) is 60.7 Å². The maximum Gasteiger partial charge on any atom is 0.314 e. The molecular weight excluding hydrogens is 366 g/mol. The number of carbonyl (C=O) groups is 2. The Labute approximate surface area is 172 Å². The fourth-order valence-corrected chi connectivity index (χ4v) is 3.40. The van der Waals surface area contributed by atoms with Crippen molar-refractivity contribution in [3.63, 3.8) is 0 Å². The fourth-order valence-electron chi connectivity index (χ4n) is 3.40. The van der Waals surface area contributed by atoms with E-state index >= 15 is 0 Å². The first kappa shape index (κ1) is 20.7. The Kier molecular flexibility index (Phi) is 7.92. The van der Waals surface area contributed by atoms with Gasteiger partial charge < -0.3 is 20.3 Å². The van der Waals surface area contributed by atoms with Gasteiger partial charge in [-0.1, -0.05) is 48.5 Å². The van der Waals surface area contributed by atoms with Crippen molar-refractivity contribution in [2.45, 2.75) is 19.3 Å². The van der Waals surface area contributed by atoms with E-state index in [4.69, 9.17) is 4.74 Å². The molecule has 0 bridgehead atoms. The third-order valence-corrected chi connectivity index (χ3v) is 5.17. The van der Waals surface area contributed by atoms with Crippen LogP contribution >= 0.6 is 0 Å². The number of amides is 3. The molecule has 0 radical (unpaired) electrons. The van der Waals surface area contributed by atoms with Crippen LogP contribution in [-0.2, 0) is 11.2 Å². The summed E-state index contributed by atoms with van der Waals surface area (Å²) in [6.07, 6.45) is 2.60. The highest BCUT2D eigenvalue weighted by Crippen LogP contribution is 2.17. The van der Waals surface area contributed by atoms with Crippen molar-refractivity contribution in [2.75, 3.05) is 32.8 Å². The van der Waals surface area contributed by atoms with Gasteiger partial charge in [0, 0.05) is 26.2 Å². The second-order valence-corrected chi connectivity index (χ2v) is 7.30. The van der Waals surface area contributed by atoms with Crippen LogP contribution in [0.25, 0.3) is 0 Å². The number of piperidine rings is 1. The molecule has 0 atom stereocenters. The molecule has 1 saturated heterocycles. The number of likely N-dealkylation sites (tertiary alicyclic amines) is 1. The van der Waals surface area contributed by atoms with E-state index < -0.39 is 0 Å². The summed E-state index contributed by atoms with van der Waals surface area (Å²) in [6, 6.07) is 19.3. The van der Waals surface area contributed by atoms with Crippen LogP contribution in [0.4, 0.5) is 4.79 Å². The minimum absolute atomic E-state index is 0.0129. The molecule has 1 fully saturated rings. The van der Waals surface area contributed by atoms with Crippen molar-refractivity contribution in [3.05, 3.63) is 66.2 Å². The molecule has 2 N–H and O–H groups in total. The van der Waals surface area contributed by atoms with Gasteiger partial charge in [0.1, 0.15) is 5.75 Å². The van der Waals surface area contributed by atoms with Crippen molar-refractivity contribution in [1.82, 2.24) is 15.5 Å². The molecular formula is C23H29N3O3. The van der Waals surface area contributed by atoms with Crippen molar-refractivity contribution >= 4 is 11.9 Å². The first-order valence-electron chi connectivity index (χ1n) is 10.2. The third-order valence-electron chi connectivity index (χ3n) is 5.17. The van der Waals surface area contributed by atoms with Crippen LogP contribution < -0.4 is 15.4 Å². The van der Waals surface area contributed by atoms with Crippen molar-refractivity contribution in [3.8, 4) is 5.75 Å². The van der Waals surface area contributed by atoms with Crippen LogP contribution in [0.1, 0.15) is 18.4 Å². The Morgan fingerprint density at radius 2 is 1.59 bits per heavy atom. The number of hydrogen-bond acceptors (Lipinski definition) is 3. The lowest BCUT2D eigenvalue weighted by molar-refractivity contribution is -0.134. The molecule has 0 spiro atoms. The van der Waals surface area contributed by atoms with Gasteiger partial charge >= 0.3 is 6.03 Å². The topological polar surface area (TPSA) is 70.7 Å². The van der Waals surface area contributed by atoms with Gasteiger partial charge in [0.2, 0.25) is 0 Å². The minimum Gasteiger partial charge on any atom is -0.484 e. The van der Waals surface area contributed by atoms with E-state index in [1.807, 2.05) is 53.4 Å². The zero-order valence-corrected chi connectivity index (χ0v) is 16.7. The predicted molar refractivity (Wildman–Crippen MR) is 113 cm³/mol. The average molecular weight is 396 g/mol. The molecule has 0 aromatic heterocycles. The summed E-state index contributed by atoms with van der Waals surface area (Å²) in [5.41, 5.74) is 1.21. The number of benzene rings is 2. The van der Waals surface area contributed by atoms with E-state index in [-0.39, 0.29) is 18.5 Å².